The Morgan fingerprint density at radius 2 is 1.87 bits per heavy atom. The minimum Gasteiger partial charge on any atom is -0.439 e. The molecule has 1 N–H and O–H groups in total. The first kappa shape index (κ1) is 20.0. The molecule has 30 heavy (non-hydrogen) atoms. The lowest BCUT2D eigenvalue weighted by atomic mass is 9.99. The van der Waals surface area contributed by atoms with Crippen molar-refractivity contribution in [2.75, 3.05) is 18.5 Å². The second kappa shape index (κ2) is 8.62. The number of rotatable bonds is 5. The molecule has 3 aromatic rings. The van der Waals surface area contributed by atoms with Gasteiger partial charge in [-0.3, -0.25) is 4.79 Å². The van der Waals surface area contributed by atoms with E-state index in [1.54, 1.807) is 22.9 Å². The zero-order valence-electron chi connectivity index (χ0n) is 17.4. The minimum atomic E-state index is 0.00661. The van der Waals surface area contributed by atoms with Crippen LogP contribution in [0.15, 0.2) is 36.7 Å². The van der Waals surface area contributed by atoms with Gasteiger partial charge in [0.1, 0.15) is 12.1 Å². The maximum Gasteiger partial charge on any atom is 0.227 e. The second-order valence-electron chi connectivity index (χ2n) is 7.42. The number of hydrogen-bond acceptors (Lipinski definition) is 6. The summed E-state index contributed by atoms with van der Waals surface area (Å²) in [4.78, 5) is 20.9. The average molecular weight is 407 g/mol. The lowest BCUT2D eigenvalue weighted by Crippen LogP contribution is -2.28. The number of nitrogens with one attached hydrogen (secondary N) is 1. The van der Waals surface area contributed by atoms with Crippen molar-refractivity contribution in [1.82, 2.24) is 19.7 Å². The largest absolute Gasteiger partial charge is 0.439 e. The summed E-state index contributed by atoms with van der Waals surface area (Å²) in [6, 6.07) is 8.99. The first-order valence-corrected chi connectivity index (χ1v) is 10.0. The highest BCUT2D eigenvalue weighted by Crippen LogP contribution is 2.24. The van der Waals surface area contributed by atoms with Crippen molar-refractivity contribution in [2.24, 2.45) is 5.92 Å². The molecule has 1 amide bonds. The van der Waals surface area contributed by atoms with Gasteiger partial charge in [-0.15, -0.1) is 0 Å². The van der Waals surface area contributed by atoms with E-state index in [1.165, 1.54) is 6.33 Å². The Balaban J connectivity index is 1.43. The van der Waals surface area contributed by atoms with Gasteiger partial charge in [-0.1, -0.05) is 0 Å². The highest BCUT2D eigenvalue weighted by molar-refractivity contribution is 5.92. The van der Waals surface area contributed by atoms with Crippen LogP contribution in [0, 0.1) is 26.7 Å². The Morgan fingerprint density at radius 1 is 1.13 bits per heavy atom. The zero-order chi connectivity index (χ0) is 21.1. The molecule has 0 atom stereocenters. The average Bonchev–Trinajstić information content (AvgIpc) is 3.03. The third-order valence-corrected chi connectivity index (χ3v) is 5.43. The van der Waals surface area contributed by atoms with Gasteiger partial charge >= 0.3 is 0 Å². The molecule has 0 aliphatic carbocycles. The third-order valence-electron chi connectivity index (χ3n) is 5.43. The molecule has 1 aromatic carbocycles. The predicted octanol–water partition coefficient (Wildman–Crippen LogP) is 3.74. The van der Waals surface area contributed by atoms with Crippen LogP contribution < -0.4 is 10.1 Å². The molecule has 2 aromatic heterocycles. The van der Waals surface area contributed by atoms with E-state index in [-0.39, 0.29) is 11.8 Å². The number of carbonyl (C=O) groups is 1. The number of ether oxygens (including phenoxy) is 2. The highest BCUT2D eigenvalue weighted by atomic mass is 16.5. The number of amides is 1. The molecule has 0 radical (unpaired) electrons. The highest BCUT2D eigenvalue weighted by Gasteiger charge is 2.21. The van der Waals surface area contributed by atoms with E-state index in [1.807, 2.05) is 32.9 Å². The number of carbonyl (C=O) groups excluding carboxylic acids is 1. The van der Waals surface area contributed by atoms with Crippen LogP contribution in [0.4, 0.5) is 5.69 Å². The van der Waals surface area contributed by atoms with Gasteiger partial charge in [-0.05, 0) is 63.4 Å². The fraction of sp³-hybridized carbons (Fsp3) is 0.364. The first-order chi connectivity index (χ1) is 14.5. The van der Waals surface area contributed by atoms with E-state index in [0.717, 1.165) is 35.5 Å². The van der Waals surface area contributed by atoms with Crippen LogP contribution in [-0.4, -0.2) is 38.9 Å². The van der Waals surface area contributed by atoms with Crippen LogP contribution in [0.2, 0.25) is 0 Å². The number of nitrogens with zero attached hydrogens (tertiary/aromatic N) is 4. The molecule has 1 aliphatic heterocycles. The Hall–Kier alpha value is -3.26. The Kier molecular flexibility index (Phi) is 5.76. The van der Waals surface area contributed by atoms with E-state index in [0.29, 0.717) is 30.7 Å². The number of aromatic nitrogens is 4. The van der Waals surface area contributed by atoms with Gasteiger partial charge in [0.15, 0.2) is 5.82 Å². The normalized spacial score (nSPS) is 14.5. The molecular weight excluding hydrogens is 382 g/mol. The minimum absolute atomic E-state index is 0.00661. The summed E-state index contributed by atoms with van der Waals surface area (Å²) in [7, 11) is 0. The van der Waals surface area contributed by atoms with Crippen LogP contribution in [0.1, 0.15) is 29.8 Å². The maximum atomic E-state index is 12.3. The van der Waals surface area contributed by atoms with Gasteiger partial charge in [0, 0.05) is 36.6 Å². The lowest BCUT2D eigenvalue weighted by Gasteiger charge is -2.21. The molecule has 0 unspecified atom stereocenters. The quantitative estimate of drug-likeness (QED) is 0.693. The van der Waals surface area contributed by atoms with Gasteiger partial charge in [-0.2, -0.15) is 5.10 Å². The summed E-state index contributed by atoms with van der Waals surface area (Å²) in [5, 5.41) is 7.49. The van der Waals surface area contributed by atoms with Crippen molar-refractivity contribution in [3.8, 4) is 17.4 Å². The van der Waals surface area contributed by atoms with Crippen molar-refractivity contribution in [1.29, 1.82) is 0 Å². The van der Waals surface area contributed by atoms with Crippen LogP contribution in [0.25, 0.3) is 5.82 Å². The number of hydrogen-bond donors (Lipinski definition) is 1. The Bertz CT molecular complexity index is 1040. The van der Waals surface area contributed by atoms with Crippen molar-refractivity contribution >= 4 is 11.6 Å². The molecule has 156 valence electrons. The molecule has 3 heterocycles. The van der Waals surface area contributed by atoms with Crippen molar-refractivity contribution in [3.63, 3.8) is 0 Å². The SMILES string of the molecule is Cc1nn(-c2cc(Oc3ccc(NC(=O)C4CCOCC4)cc3)ncn2)c(C)c1C. The Labute approximate surface area is 175 Å². The van der Waals surface area contributed by atoms with Crippen LogP contribution in [-0.2, 0) is 9.53 Å². The second-order valence-corrected chi connectivity index (χ2v) is 7.42. The van der Waals surface area contributed by atoms with Gasteiger partial charge in [-0.25, -0.2) is 14.6 Å². The molecule has 0 spiro atoms. The summed E-state index contributed by atoms with van der Waals surface area (Å²) in [6.07, 6.45) is 2.98. The van der Waals surface area contributed by atoms with E-state index >= 15 is 0 Å². The topological polar surface area (TPSA) is 91.2 Å². The molecule has 1 aliphatic rings. The molecule has 8 heteroatoms. The molecule has 1 fully saturated rings. The molecule has 0 saturated carbocycles. The van der Waals surface area contributed by atoms with E-state index in [9.17, 15) is 4.79 Å². The van der Waals surface area contributed by atoms with Crippen molar-refractivity contribution < 1.29 is 14.3 Å². The van der Waals surface area contributed by atoms with Gasteiger partial charge in [0.25, 0.3) is 0 Å². The zero-order valence-corrected chi connectivity index (χ0v) is 17.4. The molecule has 4 rings (SSSR count). The van der Waals surface area contributed by atoms with Crippen LogP contribution >= 0.6 is 0 Å². The van der Waals surface area contributed by atoms with Crippen LogP contribution in [0.3, 0.4) is 0 Å². The van der Waals surface area contributed by atoms with Crippen molar-refractivity contribution in [3.05, 3.63) is 53.6 Å². The molecule has 0 bridgehead atoms. The first-order valence-electron chi connectivity index (χ1n) is 10.0. The van der Waals surface area contributed by atoms with Crippen molar-refractivity contribution in [2.45, 2.75) is 33.6 Å². The summed E-state index contributed by atoms with van der Waals surface area (Å²) >= 11 is 0. The van der Waals surface area contributed by atoms with E-state index < -0.39 is 0 Å². The maximum absolute atomic E-state index is 12.3. The number of benzene rings is 1. The van der Waals surface area contributed by atoms with E-state index in [2.05, 4.69) is 20.4 Å². The predicted molar refractivity (Wildman–Crippen MR) is 112 cm³/mol. The summed E-state index contributed by atoms with van der Waals surface area (Å²) in [5.74, 6) is 1.73. The van der Waals surface area contributed by atoms with E-state index in [4.69, 9.17) is 9.47 Å². The fourth-order valence-corrected chi connectivity index (χ4v) is 3.38. The molecular formula is C22H25N5O3. The Morgan fingerprint density at radius 3 is 2.53 bits per heavy atom. The van der Waals surface area contributed by atoms with Gasteiger partial charge in [0.2, 0.25) is 11.8 Å². The number of anilines is 1. The molecule has 1 saturated heterocycles. The van der Waals surface area contributed by atoms with Gasteiger partial charge in [0.05, 0.1) is 5.69 Å². The smallest absolute Gasteiger partial charge is 0.227 e. The number of aryl methyl sites for hydroxylation is 1. The third kappa shape index (κ3) is 4.33. The fourth-order valence-electron chi connectivity index (χ4n) is 3.38. The summed E-state index contributed by atoms with van der Waals surface area (Å²) in [6.45, 7) is 7.30. The molecule has 8 nitrogen and oxygen atoms in total. The lowest BCUT2D eigenvalue weighted by molar-refractivity contribution is -0.122. The standard InChI is InChI=1S/C22H25N5O3/c1-14-15(2)26-27(16(14)3)20-12-21(24-13-23-20)30-19-6-4-18(5-7-19)25-22(28)17-8-10-29-11-9-17/h4-7,12-13,17H,8-11H2,1-3H3,(H,25,28). The van der Waals surface area contributed by atoms with Gasteiger partial charge < -0.3 is 14.8 Å². The summed E-state index contributed by atoms with van der Waals surface area (Å²) in [5.41, 5.74) is 3.86. The monoisotopic (exact) mass is 407 g/mol. The summed E-state index contributed by atoms with van der Waals surface area (Å²) < 4.78 is 13.0. The van der Waals surface area contributed by atoms with Crippen LogP contribution in [0.5, 0.6) is 11.6 Å².